The number of fused-ring (bicyclic) bond motifs is 1. The van der Waals surface area contributed by atoms with Crippen molar-refractivity contribution in [1.29, 1.82) is 0 Å². The summed E-state index contributed by atoms with van der Waals surface area (Å²) in [6, 6.07) is 12.6. The first-order valence-electron chi connectivity index (χ1n) is 5.90. The molecule has 0 atom stereocenters. The Balaban J connectivity index is 1.99. The van der Waals surface area contributed by atoms with E-state index in [2.05, 4.69) is 9.97 Å². The number of aldehydes is 1. The molecule has 2 aromatic carbocycles. The van der Waals surface area contributed by atoms with E-state index in [0.717, 1.165) is 17.1 Å². The van der Waals surface area contributed by atoms with Crippen LogP contribution < -0.4 is 4.74 Å². The van der Waals surface area contributed by atoms with Crippen LogP contribution in [0.2, 0.25) is 5.28 Å². The number of nitrogens with zero attached hydrogens (tertiary/aromatic N) is 2. The first kappa shape index (κ1) is 12.6. The first-order valence-corrected chi connectivity index (χ1v) is 6.28. The van der Waals surface area contributed by atoms with E-state index in [4.69, 9.17) is 16.3 Å². The van der Waals surface area contributed by atoms with Gasteiger partial charge >= 0.3 is 0 Å². The molecule has 20 heavy (non-hydrogen) atoms. The minimum absolute atomic E-state index is 0.131. The van der Waals surface area contributed by atoms with Gasteiger partial charge in [0, 0.05) is 17.8 Å². The van der Waals surface area contributed by atoms with Crippen LogP contribution in [0.5, 0.6) is 11.6 Å². The predicted molar refractivity (Wildman–Crippen MR) is 76.5 cm³/mol. The third-order valence-electron chi connectivity index (χ3n) is 2.84. The largest absolute Gasteiger partial charge is 0.439 e. The molecule has 4 nitrogen and oxygen atoms in total. The molecule has 0 amide bonds. The smallest absolute Gasteiger partial charge is 0.225 e. The second-order valence-corrected chi connectivity index (χ2v) is 4.45. The van der Waals surface area contributed by atoms with Gasteiger partial charge < -0.3 is 4.74 Å². The van der Waals surface area contributed by atoms with Gasteiger partial charge in [-0.2, -0.15) is 4.98 Å². The van der Waals surface area contributed by atoms with Gasteiger partial charge in [0.2, 0.25) is 11.2 Å². The molecule has 0 radical (unpaired) electrons. The van der Waals surface area contributed by atoms with Crippen LogP contribution in [0.1, 0.15) is 10.4 Å². The van der Waals surface area contributed by atoms with E-state index in [9.17, 15) is 4.79 Å². The Kier molecular flexibility index (Phi) is 3.31. The predicted octanol–water partition coefficient (Wildman–Crippen LogP) is 3.89. The third kappa shape index (κ3) is 2.46. The molecule has 0 fully saturated rings. The molecule has 3 aromatic rings. The molecule has 1 heterocycles. The maximum atomic E-state index is 11.0. The maximum Gasteiger partial charge on any atom is 0.225 e. The molecule has 0 aliphatic carbocycles. The number of halogens is 1. The van der Waals surface area contributed by atoms with Crippen LogP contribution >= 0.6 is 11.6 Å². The number of carbonyl (C=O) groups excluding carboxylic acids is 1. The normalized spacial score (nSPS) is 10.4. The highest BCUT2D eigenvalue weighted by Crippen LogP contribution is 2.26. The van der Waals surface area contributed by atoms with Gasteiger partial charge in [-0.15, -0.1) is 0 Å². The fourth-order valence-corrected chi connectivity index (χ4v) is 2.09. The Labute approximate surface area is 120 Å². The van der Waals surface area contributed by atoms with Crippen molar-refractivity contribution in [2.75, 3.05) is 0 Å². The summed E-state index contributed by atoms with van der Waals surface area (Å²) >= 11 is 5.70. The van der Waals surface area contributed by atoms with Crippen molar-refractivity contribution in [3.8, 4) is 11.6 Å². The van der Waals surface area contributed by atoms with Crippen LogP contribution in [-0.4, -0.2) is 16.3 Å². The molecule has 0 aliphatic heterocycles. The molecule has 0 saturated carbocycles. The summed E-state index contributed by atoms with van der Waals surface area (Å²) in [5, 5.41) is 1.94. The minimum Gasteiger partial charge on any atom is -0.439 e. The Morgan fingerprint density at radius 1 is 1.15 bits per heavy atom. The monoisotopic (exact) mass is 284 g/mol. The zero-order valence-corrected chi connectivity index (χ0v) is 11.0. The number of ether oxygens (including phenoxy) is 1. The van der Waals surface area contributed by atoms with Gasteiger partial charge in [-0.1, -0.05) is 18.2 Å². The van der Waals surface area contributed by atoms with Crippen LogP contribution in [0.4, 0.5) is 0 Å². The minimum atomic E-state index is 0.131. The van der Waals surface area contributed by atoms with Crippen LogP contribution in [0.3, 0.4) is 0 Å². The lowest BCUT2D eigenvalue weighted by molar-refractivity contribution is 0.112. The van der Waals surface area contributed by atoms with Crippen molar-refractivity contribution < 1.29 is 9.53 Å². The van der Waals surface area contributed by atoms with Gasteiger partial charge in [0.05, 0.1) is 0 Å². The van der Waals surface area contributed by atoms with E-state index >= 15 is 0 Å². The molecule has 98 valence electrons. The van der Waals surface area contributed by atoms with E-state index < -0.39 is 0 Å². The Bertz CT molecular complexity index is 790. The van der Waals surface area contributed by atoms with Gasteiger partial charge in [-0.25, -0.2) is 4.98 Å². The first-order chi connectivity index (χ1) is 9.76. The fraction of sp³-hybridized carbons (Fsp3) is 0. The number of hydrogen-bond acceptors (Lipinski definition) is 4. The lowest BCUT2D eigenvalue weighted by Gasteiger charge is -2.06. The summed E-state index contributed by atoms with van der Waals surface area (Å²) in [7, 11) is 0. The maximum absolute atomic E-state index is 11.0. The summed E-state index contributed by atoms with van der Waals surface area (Å²) in [5.74, 6) is 0.992. The molecule has 3 rings (SSSR count). The van der Waals surface area contributed by atoms with Gasteiger partial charge in [0.15, 0.2) is 6.29 Å². The van der Waals surface area contributed by atoms with E-state index in [-0.39, 0.29) is 5.28 Å². The van der Waals surface area contributed by atoms with Crippen LogP contribution in [0, 0.1) is 0 Å². The molecule has 0 spiro atoms. The van der Waals surface area contributed by atoms with Crippen LogP contribution in [0.15, 0.2) is 48.7 Å². The van der Waals surface area contributed by atoms with E-state index in [1.807, 2.05) is 24.3 Å². The summed E-state index contributed by atoms with van der Waals surface area (Å²) in [6.45, 7) is 0. The topological polar surface area (TPSA) is 52.1 Å². The number of benzene rings is 2. The summed E-state index contributed by atoms with van der Waals surface area (Å²) in [4.78, 5) is 18.7. The number of aromatic nitrogens is 2. The quantitative estimate of drug-likeness (QED) is 0.541. The highest BCUT2D eigenvalue weighted by Gasteiger charge is 2.04. The summed E-state index contributed by atoms with van der Waals surface area (Å²) in [5.41, 5.74) is 0.652. The highest BCUT2D eigenvalue weighted by molar-refractivity contribution is 6.28. The Morgan fingerprint density at radius 3 is 2.85 bits per heavy atom. The molecule has 0 saturated heterocycles. The van der Waals surface area contributed by atoms with E-state index in [0.29, 0.717) is 17.2 Å². The SMILES string of the molecule is O=Cc1cccc2cc(Oc3ccnc(Cl)n3)ccc12. The van der Waals surface area contributed by atoms with Gasteiger partial charge in [0.25, 0.3) is 0 Å². The van der Waals surface area contributed by atoms with Crippen LogP contribution in [0.25, 0.3) is 10.8 Å². The Morgan fingerprint density at radius 2 is 2.05 bits per heavy atom. The summed E-state index contributed by atoms with van der Waals surface area (Å²) in [6.07, 6.45) is 2.36. The van der Waals surface area contributed by atoms with Gasteiger partial charge in [0.1, 0.15) is 5.75 Å². The number of hydrogen-bond donors (Lipinski definition) is 0. The molecule has 0 unspecified atom stereocenters. The van der Waals surface area contributed by atoms with Crippen molar-refractivity contribution in [3.05, 3.63) is 59.5 Å². The molecule has 0 bridgehead atoms. The van der Waals surface area contributed by atoms with Crippen LogP contribution in [-0.2, 0) is 0 Å². The zero-order valence-electron chi connectivity index (χ0n) is 10.3. The lowest BCUT2D eigenvalue weighted by atomic mass is 10.1. The average Bonchev–Trinajstić information content (AvgIpc) is 2.46. The summed E-state index contributed by atoms with van der Waals surface area (Å²) < 4.78 is 5.62. The van der Waals surface area contributed by atoms with Crippen molar-refractivity contribution in [2.24, 2.45) is 0 Å². The molecular formula is C15H9ClN2O2. The van der Waals surface area contributed by atoms with Crippen molar-refractivity contribution >= 4 is 28.7 Å². The molecule has 0 aliphatic rings. The van der Waals surface area contributed by atoms with E-state index in [1.54, 1.807) is 18.2 Å². The molecule has 1 aromatic heterocycles. The fourth-order valence-electron chi connectivity index (χ4n) is 1.95. The van der Waals surface area contributed by atoms with Crippen molar-refractivity contribution in [3.63, 3.8) is 0 Å². The second kappa shape index (κ2) is 5.27. The molecule has 0 N–H and O–H groups in total. The highest BCUT2D eigenvalue weighted by atomic mass is 35.5. The average molecular weight is 285 g/mol. The lowest BCUT2D eigenvalue weighted by Crippen LogP contribution is -1.90. The second-order valence-electron chi connectivity index (χ2n) is 4.11. The van der Waals surface area contributed by atoms with Gasteiger partial charge in [-0.3, -0.25) is 4.79 Å². The molecular weight excluding hydrogens is 276 g/mol. The van der Waals surface area contributed by atoms with Crippen molar-refractivity contribution in [1.82, 2.24) is 9.97 Å². The standard InChI is InChI=1S/C15H9ClN2O2/c16-15-17-7-6-14(18-15)20-12-4-5-13-10(8-12)2-1-3-11(13)9-19/h1-9H. The number of carbonyl (C=O) groups is 1. The van der Waals surface area contributed by atoms with E-state index in [1.165, 1.54) is 6.20 Å². The molecule has 5 heteroatoms. The van der Waals surface area contributed by atoms with Gasteiger partial charge in [-0.05, 0) is 40.6 Å². The number of rotatable bonds is 3. The Hall–Kier alpha value is -2.46. The third-order valence-corrected chi connectivity index (χ3v) is 3.02. The van der Waals surface area contributed by atoms with Crippen molar-refractivity contribution in [2.45, 2.75) is 0 Å². The zero-order chi connectivity index (χ0) is 13.9.